The van der Waals surface area contributed by atoms with Crippen LogP contribution in [-0.2, 0) is 16.0 Å². The van der Waals surface area contributed by atoms with E-state index in [4.69, 9.17) is 15.6 Å². The number of nitrogens with two attached hydrogens (primary N) is 1. The van der Waals surface area contributed by atoms with E-state index in [1.807, 2.05) is 0 Å². The van der Waals surface area contributed by atoms with Gasteiger partial charge in [-0.2, -0.15) is 0 Å². The molecule has 0 spiro atoms. The Bertz CT molecular complexity index is 753. The molecule has 0 aliphatic carbocycles. The Morgan fingerprint density at radius 1 is 1.12 bits per heavy atom. The van der Waals surface area contributed by atoms with Crippen LogP contribution in [0.15, 0.2) is 42.5 Å². The molecule has 3 N–H and O–H groups in total. The summed E-state index contributed by atoms with van der Waals surface area (Å²) >= 11 is 0. The molecule has 0 aliphatic rings. The van der Waals surface area contributed by atoms with Crippen LogP contribution in [0.1, 0.15) is 15.9 Å². The summed E-state index contributed by atoms with van der Waals surface area (Å²) < 4.78 is 37.7. The van der Waals surface area contributed by atoms with Crippen molar-refractivity contribution < 1.29 is 33.0 Å². The third-order valence-electron chi connectivity index (χ3n) is 3.30. The molecule has 0 fully saturated rings. The van der Waals surface area contributed by atoms with Crippen molar-refractivity contribution in [2.75, 3.05) is 14.2 Å². The fourth-order valence-corrected chi connectivity index (χ4v) is 2.14. The molecule has 26 heavy (non-hydrogen) atoms. The van der Waals surface area contributed by atoms with Crippen molar-refractivity contribution in [1.82, 2.24) is 0 Å². The number of rotatable bonds is 6. The zero-order valence-corrected chi connectivity index (χ0v) is 14.2. The lowest BCUT2D eigenvalue weighted by molar-refractivity contribution is -0.148. The zero-order chi connectivity index (χ0) is 19.7. The van der Waals surface area contributed by atoms with Gasteiger partial charge in [-0.15, -0.1) is 0 Å². The summed E-state index contributed by atoms with van der Waals surface area (Å²) in [6.07, 6.45) is -1.06. The molecule has 6 nitrogen and oxygen atoms in total. The lowest BCUT2D eigenvalue weighted by Crippen LogP contribution is -2.31. The van der Waals surface area contributed by atoms with Gasteiger partial charge in [0.2, 0.25) is 0 Å². The highest BCUT2D eigenvalue weighted by molar-refractivity contribution is 5.93. The SMILES string of the molecule is CO.COC(=O)C(Cc1ccccc1)Oc1ccc(F)c(C(N)=O)c1F. The molecule has 2 aromatic carbocycles. The first-order valence-electron chi connectivity index (χ1n) is 7.45. The summed E-state index contributed by atoms with van der Waals surface area (Å²) in [7, 11) is 2.17. The number of hydrogen-bond donors (Lipinski definition) is 2. The van der Waals surface area contributed by atoms with Crippen LogP contribution < -0.4 is 10.5 Å². The first-order valence-corrected chi connectivity index (χ1v) is 7.45. The van der Waals surface area contributed by atoms with Crippen molar-refractivity contribution >= 4 is 11.9 Å². The number of hydrogen-bond acceptors (Lipinski definition) is 5. The maximum absolute atomic E-state index is 14.2. The van der Waals surface area contributed by atoms with Crippen molar-refractivity contribution in [1.29, 1.82) is 0 Å². The summed E-state index contributed by atoms with van der Waals surface area (Å²) in [6.45, 7) is 0. The third-order valence-corrected chi connectivity index (χ3v) is 3.30. The van der Waals surface area contributed by atoms with Crippen molar-refractivity contribution in [3.8, 4) is 5.75 Å². The molecule has 0 aliphatic heterocycles. The number of carbonyl (C=O) groups is 2. The summed E-state index contributed by atoms with van der Waals surface area (Å²) in [5.74, 6) is -4.83. The fourth-order valence-electron chi connectivity index (χ4n) is 2.14. The normalized spacial score (nSPS) is 11.0. The first-order chi connectivity index (χ1) is 12.4. The molecule has 8 heteroatoms. The highest BCUT2D eigenvalue weighted by atomic mass is 19.1. The predicted octanol–water partition coefficient (Wildman–Crippen LogP) is 1.84. The largest absolute Gasteiger partial charge is 0.475 e. The van der Waals surface area contributed by atoms with E-state index in [9.17, 15) is 18.4 Å². The van der Waals surface area contributed by atoms with Gasteiger partial charge in [0, 0.05) is 13.5 Å². The maximum atomic E-state index is 14.2. The molecule has 0 radical (unpaired) electrons. The van der Waals surface area contributed by atoms with Crippen LogP contribution in [0.25, 0.3) is 0 Å². The number of benzene rings is 2. The molecule has 1 unspecified atom stereocenters. The van der Waals surface area contributed by atoms with Crippen LogP contribution in [0.3, 0.4) is 0 Å². The number of esters is 1. The second-order valence-corrected chi connectivity index (χ2v) is 4.92. The molecule has 0 aromatic heterocycles. The lowest BCUT2D eigenvalue weighted by Gasteiger charge is -2.18. The average Bonchev–Trinajstić information content (AvgIpc) is 2.65. The number of amides is 1. The minimum Gasteiger partial charge on any atom is -0.475 e. The van der Waals surface area contributed by atoms with Crippen molar-refractivity contribution in [2.45, 2.75) is 12.5 Å². The third kappa shape index (κ3) is 5.25. The summed E-state index contributed by atoms with van der Waals surface area (Å²) in [4.78, 5) is 23.0. The van der Waals surface area contributed by atoms with Gasteiger partial charge in [0.15, 0.2) is 17.7 Å². The number of aliphatic hydroxyl groups excluding tert-OH is 1. The van der Waals surface area contributed by atoms with Crippen LogP contribution in [0, 0.1) is 11.6 Å². The van der Waals surface area contributed by atoms with E-state index in [-0.39, 0.29) is 6.42 Å². The van der Waals surface area contributed by atoms with Crippen molar-refractivity contribution in [3.05, 3.63) is 65.2 Å². The molecule has 0 heterocycles. The van der Waals surface area contributed by atoms with Gasteiger partial charge in [0.25, 0.3) is 5.91 Å². The molecule has 0 saturated heterocycles. The molecule has 1 amide bonds. The van der Waals surface area contributed by atoms with Gasteiger partial charge in [-0.3, -0.25) is 4.79 Å². The van der Waals surface area contributed by atoms with Gasteiger partial charge < -0.3 is 20.3 Å². The minimum absolute atomic E-state index is 0.107. The molecular weight excluding hydrogens is 348 g/mol. The number of aliphatic hydroxyl groups is 1. The van der Waals surface area contributed by atoms with Gasteiger partial charge in [-0.05, 0) is 17.7 Å². The Morgan fingerprint density at radius 3 is 2.27 bits per heavy atom. The Labute approximate surface area is 149 Å². The molecule has 140 valence electrons. The Morgan fingerprint density at radius 2 is 1.73 bits per heavy atom. The van der Waals surface area contributed by atoms with Crippen molar-refractivity contribution in [2.24, 2.45) is 5.73 Å². The van der Waals surface area contributed by atoms with Crippen LogP contribution in [0.4, 0.5) is 8.78 Å². The first kappa shape index (κ1) is 21.0. The van der Waals surface area contributed by atoms with E-state index >= 15 is 0 Å². The number of methoxy groups -OCH3 is 1. The molecule has 0 bridgehead atoms. The predicted molar refractivity (Wildman–Crippen MR) is 89.6 cm³/mol. The van der Waals surface area contributed by atoms with Crippen LogP contribution in [0.2, 0.25) is 0 Å². The van der Waals surface area contributed by atoms with E-state index in [1.54, 1.807) is 30.3 Å². The van der Waals surface area contributed by atoms with Gasteiger partial charge in [0.1, 0.15) is 11.4 Å². The Balaban J connectivity index is 0.00000163. The minimum atomic E-state index is -1.27. The van der Waals surface area contributed by atoms with E-state index in [1.165, 1.54) is 7.11 Å². The van der Waals surface area contributed by atoms with Gasteiger partial charge in [0.05, 0.1) is 7.11 Å². The van der Waals surface area contributed by atoms with Crippen LogP contribution in [0.5, 0.6) is 5.75 Å². The lowest BCUT2D eigenvalue weighted by atomic mass is 10.1. The second-order valence-electron chi connectivity index (χ2n) is 4.92. The van der Waals surface area contributed by atoms with E-state index < -0.39 is 40.9 Å². The maximum Gasteiger partial charge on any atom is 0.347 e. The van der Waals surface area contributed by atoms with E-state index in [0.29, 0.717) is 0 Å². The van der Waals surface area contributed by atoms with Gasteiger partial charge in [-0.1, -0.05) is 30.3 Å². The van der Waals surface area contributed by atoms with Crippen LogP contribution >= 0.6 is 0 Å². The summed E-state index contributed by atoms with van der Waals surface area (Å²) in [5.41, 5.74) is 4.79. The number of ether oxygens (including phenoxy) is 2. The number of carbonyl (C=O) groups excluding carboxylic acids is 2. The topological polar surface area (TPSA) is 98.8 Å². The Hall–Kier alpha value is -3.00. The second kappa shape index (κ2) is 10.1. The number of halogens is 2. The highest BCUT2D eigenvalue weighted by Gasteiger charge is 2.26. The molecular formula is C18H19F2NO5. The molecule has 1 atom stereocenters. The summed E-state index contributed by atoms with van der Waals surface area (Å²) in [5, 5.41) is 7.00. The smallest absolute Gasteiger partial charge is 0.347 e. The molecule has 0 saturated carbocycles. The van der Waals surface area contributed by atoms with Gasteiger partial charge >= 0.3 is 5.97 Å². The summed E-state index contributed by atoms with van der Waals surface area (Å²) in [6, 6.07) is 10.7. The zero-order valence-electron chi connectivity index (χ0n) is 14.2. The fraction of sp³-hybridized carbons (Fsp3) is 0.222. The number of primary amides is 1. The van der Waals surface area contributed by atoms with Gasteiger partial charge in [-0.25, -0.2) is 13.6 Å². The van der Waals surface area contributed by atoms with E-state index in [0.717, 1.165) is 24.8 Å². The quantitative estimate of drug-likeness (QED) is 0.759. The Kier molecular flexibility index (Phi) is 8.17. The van der Waals surface area contributed by atoms with Crippen molar-refractivity contribution in [3.63, 3.8) is 0 Å². The van der Waals surface area contributed by atoms with Crippen LogP contribution in [-0.4, -0.2) is 37.3 Å². The average molecular weight is 367 g/mol. The monoisotopic (exact) mass is 367 g/mol. The molecule has 2 aromatic rings. The standard InChI is InChI=1S/C17H15F2NO4.CH4O/c1-23-17(22)13(9-10-5-3-2-4-6-10)24-12-8-7-11(18)14(15(12)19)16(20)21;1-2/h2-8,13H,9H2,1H3,(H2,20,21);2H,1H3. The molecule has 2 rings (SSSR count). The highest BCUT2D eigenvalue weighted by Crippen LogP contribution is 2.25. The van der Waals surface area contributed by atoms with E-state index in [2.05, 4.69) is 4.74 Å².